The minimum atomic E-state index is -0.325. The lowest BCUT2D eigenvalue weighted by atomic mass is 10.1. The van der Waals surface area contributed by atoms with Gasteiger partial charge in [0.25, 0.3) is 5.56 Å². The molecule has 6 heteroatoms. The van der Waals surface area contributed by atoms with Crippen molar-refractivity contribution in [2.45, 2.75) is 13.2 Å². The van der Waals surface area contributed by atoms with Gasteiger partial charge in [0.1, 0.15) is 0 Å². The molecular formula is C13H13ClN2O3. The summed E-state index contributed by atoms with van der Waals surface area (Å²) in [5.41, 5.74) is 1.42. The first-order valence-electron chi connectivity index (χ1n) is 5.63. The van der Waals surface area contributed by atoms with E-state index in [-0.39, 0.29) is 23.1 Å². The molecule has 0 aliphatic carbocycles. The smallest absolute Gasteiger partial charge is 0.297 e. The Labute approximate surface area is 115 Å². The van der Waals surface area contributed by atoms with Crippen molar-refractivity contribution in [3.63, 3.8) is 0 Å². The lowest BCUT2D eigenvalue weighted by Crippen LogP contribution is -2.22. The lowest BCUT2D eigenvalue weighted by Gasteiger charge is -2.08. The third-order valence-corrected chi connectivity index (χ3v) is 2.98. The second-order valence-corrected chi connectivity index (χ2v) is 4.33. The molecule has 0 fully saturated rings. The third kappa shape index (κ3) is 2.94. The van der Waals surface area contributed by atoms with Crippen LogP contribution in [0.4, 0.5) is 0 Å². The molecule has 0 radical (unpaired) electrons. The van der Waals surface area contributed by atoms with Gasteiger partial charge in [-0.15, -0.1) is 0 Å². The van der Waals surface area contributed by atoms with E-state index in [2.05, 4.69) is 4.98 Å². The lowest BCUT2D eigenvalue weighted by molar-refractivity contribution is 0.282. The number of rotatable bonds is 4. The van der Waals surface area contributed by atoms with E-state index in [1.807, 2.05) is 12.1 Å². The molecule has 2 rings (SSSR count). The van der Waals surface area contributed by atoms with Gasteiger partial charge in [-0.05, 0) is 11.1 Å². The minimum absolute atomic E-state index is 0.00342. The molecule has 0 amide bonds. The first kappa shape index (κ1) is 13.6. The number of ether oxygens (including phenoxy) is 1. The van der Waals surface area contributed by atoms with E-state index >= 15 is 0 Å². The summed E-state index contributed by atoms with van der Waals surface area (Å²) in [5.74, 6) is 0.0381. The Morgan fingerprint density at radius 2 is 1.95 bits per heavy atom. The summed E-state index contributed by atoms with van der Waals surface area (Å²) in [6.07, 6.45) is 1.38. The van der Waals surface area contributed by atoms with E-state index in [4.69, 9.17) is 21.4 Å². The predicted octanol–water partition coefficient (Wildman–Crippen LogP) is 1.45. The number of methoxy groups -OCH3 is 1. The molecule has 0 saturated heterocycles. The quantitative estimate of drug-likeness (QED) is 0.861. The number of hydrogen-bond acceptors (Lipinski definition) is 4. The highest BCUT2D eigenvalue weighted by Gasteiger charge is 2.10. The Kier molecular flexibility index (Phi) is 4.19. The van der Waals surface area contributed by atoms with E-state index in [1.165, 1.54) is 18.0 Å². The number of aromatic nitrogens is 2. The van der Waals surface area contributed by atoms with Crippen LogP contribution in [-0.4, -0.2) is 21.8 Å². The molecule has 5 nitrogen and oxygen atoms in total. The summed E-state index contributed by atoms with van der Waals surface area (Å²) in [4.78, 5) is 15.9. The molecular weight excluding hydrogens is 268 g/mol. The number of nitrogens with zero attached hydrogens (tertiary/aromatic N) is 2. The maximum Gasteiger partial charge on any atom is 0.297 e. The fourth-order valence-corrected chi connectivity index (χ4v) is 1.88. The van der Waals surface area contributed by atoms with Crippen molar-refractivity contribution in [3.8, 4) is 5.75 Å². The monoisotopic (exact) mass is 280 g/mol. The Morgan fingerprint density at radius 1 is 1.32 bits per heavy atom. The molecule has 0 aliphatic heterocycles. The highest BCUT2D eigenvalue weighted by molar-refractivity contribution is 6.30. The van der Waals surface area contributed by atoms with Crippen LogP contribution in [0.5, 0.6) is 5.75 Å². The number of aliphatic hydroxyl groups is 1. The van der Waals surface area contributed by atoms with Gasteiger partial charge in [-0.2, -0.15) is 0 Å². The fourth-order valence-electron chi connectivity index (χ4n) is 1.68. The third-order valence-electron chi connectivity index (χ3n) is 2.72. The number of aliphatic hydroxyl groups excluding tert-OH is 1. The van der Waals surface area contributed by atoms with Crippen LogP contribution in [0.2, 0.25) is 5.15 Å². The Balaban J connectivity index is 2.30. The predicted molar refractivity (Wildman–Crippen MR) is 71.5 cm³/mol. The van der Waals surface area contributed by atoms with Gasteiger partial charge in [-0.3, -0.25) is 9.36 Å². The molecule has 19 heavy (non-hydrogen) atoms. The van der Waals surface area contributed by atoms with Crippen LogP contribution in [0.1, 0.15) is 11.1 Å². The zero-order chi connectivity index (χ0) is 13.8. The summed E-state index contributed by atoms with van der Waals surface area (Å²) in [6.45, 7) is 0.363. The van der Waals surface area contributed by atoms with E-state index in [1.54, 1.807) is 12.1 Å². The topological polar surface area (TPSA) is 64.3 Å². The van der Waals surface area contributed by atoms with Gasteiger partial charge in [0.05, 0.1) is 26.6 Å². The van der Waals surface area contributed by atoms with Crippen molar-refractivity contribution in [1.29, 1.82) is 0 Å². The van der Waals surface area contributed by atoms with Gasteiger partial charge >= 0.3 is 0 Å². The van der Waals surface area contributed by atoms with Crippen LogP contribution < -0.4 is 10.3 Å². The van der Waals surface area contributed by atoms with Gasteiger partial charge in [-0.1, -0.05) is 35.9 Å². The van der Waals surface area contributed by atoms with Gasteiger partial charge in [0.2, 0.25) is 5.75 Å². The number of halogens is 1. The van der Waals surface area contributed by atoms with Crippen LogP contribution in [0.25, 0.3) is 0 Å². The largest absolute Gasteiger partial charge is 0.489 e. The highest BCUT2D eigenvalue weighted by atomic mass is 35.5. The standard InChI is InChI=1S/C13H13ClN2O3/c1-19-11-12(14)15-8-16(13(11)18)6-9-2-4-10(7-17)5-3-9/h2-5,8,17H,6-7H2,1H3. The SMILES string of the molecule is COc1c(Cl)ncn(Cc2ccc(CO)cc2)c1=O. The summed E-state index contributed by atoms with van der Waals surface area (Å²) in [7, 11) is 1.38. The molecule has 1 N–H and O–H groups in total. The summed E-state index contributed by atoms with van der Waals surface area (Å²) >= 11 is 5.77. The fraction of sp³-hybridized carbons (Fsp3) is 0.231. The van der Waals surface area contributed by atoms with Crippen molar-refractivity contribution in [2.24, 2.45) is 0 Å². The maximum absolute atomic E-state index is 12.0. The molecule has 0 bridgehead atoms. The van der Waals surface area contributed by atoms with Crippen molar-refractivity contribution in [2.75, 3.05) is 7.11 Å². The van der Waals surface area contributed by atoms with Gasteiger partial charge in [0.15, 0.2) is 5.15 Å². The maximum atomic E-state index is 12.0. The average Bonchev–Trinajstić information content (AvgIpc) is 2.43. The Bertz CT molecular complexity index is 623. The molecule has 1 aromatic carbocycles. The number of hydrogen-bond donors (Lipinski definition) is 1. The van der Waals surface area contributed by atoms with Gasteiger partial charge < -0.3 is 9.84 Å². The first-order chi connectivity index (χ1) is 9.15. The van der Waals surface area contributed by atoms with Crippen molar-refractivity contribution in [1.82, 2.24) is 9.55 Å². The first-order valence-corrected chi connectivity index (χ1v) is 6.01. The van der Waals surface area contributed by atoms with Crippen LogP contribution in [0.15, 0.2) is 35.4 Å². The van der Waals surface area contributed by atoms with E-state index in [9.17, 15) is 4.79 Å². The summed E-state index contributed by atoms with van der Waals surface area (Å²) in [5, 5.41) is 9.02. The minimum Gasteiger partial charge on any atom is -0.489 e. The molecule has 0 unspecified atom stereocenters. The summed E-state index contributed by atoms with van der Waals surface area (Å²) < 4.78 is 6.35. The molecule has 1 aromatic heterocycles. The second kappa shape index (κ2) is 5.86. The molecule has 0 atom stereocenters. The summed E-state index contributed by atoms with van der Waals surface area (Å²) in [6, 6.07) is 7.31. The molecule has 2 aromatic rings. The van der Waals surface area contributed by atoms with Crippen LogP contribution >= 0.6 is 11.6 Å². The van der Waals surface area contributed by atoms with Crippen LogP contribution in [0, 0.1) is 0 Å². The molecule has 0 saturated carbocycles. The normalized spacial score (nSPS) is 10.5. The Morgan fingerprint density at radius 3 is 2.53 bits per heavy atom. The van der Waals surface area contributed by atoms with Gasteiger partial charge in [-0.25, -0.2) is 4.98 Å². The van der Waals surface area contributed by atoms with Gasteiger partial charge in [0, 0.05) is 0 Å². The zero-order valence-electron chi connectivity index (χ0n) is 10.3. The molecule has 0 spiro atoms. The Hall–Kier alpha value is -1.85. The molecule has 0 aliphatic rings. The molecule has 1 heterocycles. The van der Waals surface area contributed by atoms with E-state index < -0.39 is 0 Å². The van der Waals surface area contributed by atoms with Crippen molar-refractivity contribution >= 4 is 11.6 Å². The van der Waals surface area contributed by atoms with Crippen LogP contribution in [0.3, 0.4) is 0 Å². The van der Waals surface area contributed by atoms with E-state index in [0.717, 1.165) is 11.1 Å². The van der Waals surface area contributed by atoms with Crippen LogP contribution in [-0.2, 0) is 13.2 Å². The number of benzene rings is 1. The van der Waals surface area contributed by atoms with Crippen molar-refractivity contribution < 1.29 is 9.84 Å². The molecule has 100 valence electrons. The average molecular weight is 281 g/mol. The zero-order valence-corrected chi connectivity index (χ0v) is 11.1. The van der Waals surface area contributed by atoms with Crippen molar-refractivity contribution in [3.05, 3.63) is 57.2 Å². The van der Waals surface area contributed by atoms with E-state index in [0.29, 0.717) is 6.54 Å². The highest BCUT2D eigenvalue weighted by Crippen LogP contribution is 2.15. The second-order valence-electron chi connectivity index (χ2n) is 3.98.